The van der Waals surface area contributed by atoms with Crippen LogP contribution in [0, 0.1) is 0 Å². The highest BCUT2D eigenvalue weighted by atomic mass is 32.2. The number of hydrogen-bond acceptors (Lipinski definition) is 4. The van der Waals surface area contributed by atoms with Crippen molar-refractivity contribution in [2.45, 2.75) is 18.9 Å². The van der Waals surface area contributed by atoms with Gasteiger partial charge < -0.3 is 10.2 Å². The van der Waals surface area contributed by atoms with E-state index in [-0.39, 0.29) is 5.91 Å². The van der Waals surface area contributed by atoms with Crippen molar-refractivity contribution in [1.29, 1.82) is 0 Å². The first-order chi connectivity index (χ1) is 9.25. The van der Waals surface area contributed by atoms with Gasteiger partial charge >= 0.3 is 0 Å². The summed E-state index contributed by atoms with van der Waals surface area (Å²) in [6.07, 6.45) is 3.21. The lowest BCUT2D eigenvalue weighted by Gasteiger charge is -2.25. The number of carbonyl (C=O) groups is 1. The largest absolute Gasteiger partial charge is 0.345 e. The Morgan fingerprint density at radius 3 is 3.16 bits per heavy atom. The molecule has 0 radical (unpaired) electrons. The summed E-state index contributed by atoms with van der Waals surface area (Å²) in [5.41, 5.74) is 1.04. The van der Waals surface area contributed by atoms with Crippen molar-refractivity contribution in [1.82, 2.24) is 15.2 Å². The fourth-order valence-electron chi connectivity index (χ4n) is 2.07. The first kappa shape index (κ1) is 14.3. The molecule has 1 aromatic heterocycles. The Morgan fingerprint density at radius 1 is 1.58 bits per heavy atom. The molecule has 0 spiro atoms. The maximum absolute atomic E-state index is 12.1. The molecule has 1 fully saturated rings. The van der Waals surface area contributed by atoms with E-state index in [1.807, 2.05) is 41.9 Å². The van der Waals surface area contributed by atoms with Gasteiger partial charge in [-0.15, -0.1) is 0 Å². The Bertz CT molecular complexity index is 393. The van der Waals surface area contributed by atoms with Crippen LogP contribution in [0.3, 0.4) is 0 Å². The van der Waals surface area contributed by atoms with Crippen molar-refractivity contribution in [3.63, 3.8) is 0 Å². The molecular weight excluding hydrogens is 258 g/mol. The topological polar surface area (TPSA) is 45.2 Å². The summed E-state index contributed by atoms with van der Waals surface area (Å²) in [4.78, 5) is 18.2. The molecule has 0 saturated carbocycles. The Morgan fingerprint density at radius 2 is 2.47 bits per heavy atom. The van der Waals surface area contributed by atoms with E-state index < -0.39 is 0 Å². The lowest BCUT2D eigenvalue weighted by molar-refractivity contribution is -0.130. The summed E-state index contributed by atoms with van der Waals surface area (Å²) < 4.78 is 0. The maximum Gasteiger partial charge on any atom is 0.223 e. The number of thioether (sulfide) groups is 1. The Kier molecular flexibility index (Phi) is 5.66. The van der Waals surface area contributed by atoms with E-state index in [4.69, 9.17) is 0 Å². The summed E-state index contributed by atoms with van der Waals surface area (Å²) in [6.45, 7) is 1.75. The van der Waals surface area contributed by atoms with Crippen LogP contribution in [-0.4, -0.2) is 53.5 Å². The molecule has 104 valence electrons. The van der Waals surface area contributed by atoms with E-state index in [1.165, 1.54) is 0 Å². The molecule has 5 heteroatoms. The minimum atomic E-state index is 0.218. The number of amides is 1. The fraction of sp³-hybridized carbons (Fsp3) is 0.571. The third-order valence-corrected chi connectivity index (χ3v) is 4.41. The zero-order chi connectivity index (χ0) is 13.5. The predicted octanol–water partition coefficient (Wildman–Crippen LogP) is 1.18. The number of carbonyl (C=O) groups excluding carboxylic acids is 1. The van der Waals surface area contributed by atoms with Crippen molar-refractivity contribution in [2.75, 3.05) is 31.6 Å². The van der Waals surface area contributed by atoms with Crippen molar-refractivity contribution in [3.8, 4) is 0 Å². The molecule has 1 aromatic rings. The molecular formula is C14H21N3OS. The Hall–Kier alpha value is -1.07. The van der Waals surface area contributed by atoms with Gasteiger partial charge in [0.05, 0.1) is 0 Å². The van der Waals surface area contributed by atoms with Gasteiger partial charge in [0.1, 0.15) is 0 Å². The molecule has 1 aliphatic rings. The normalized spacial score (nSPS) is 19.1. The highest BCUT2D eigenvalue weighted by Gasteiger charge is 2.18. The monoisotopic (exact) mass is 279 g/mol. The molecule has 1 N–H and O–H groups in total. The summed E-state index contributed by atoms with van der Waals surface area (Å²) in [7, 11) is 1.88. The molecule has 1 aliphatic heterocycles. The quantitative estimate of drug-likeness (QED) is 0.879. The van der Waals surface area contributed by atoms with E-state index in [1.54, 1.807) is 6.20 Å². The van der Waals surface area contributed by atoms with Crippen LogP contribution in [0.25, 0.3) is 0 Å². The van der Waals surface area contributed by atoms with Crippen LogP contribution in [-0.2, 0) is 11.2 Å². The standard InChI is InChI=1S/C14H21N3OS/c1-17(8-5-12-4-2-3-6-15-12)14(18)10-13-11-19-9-7-16-13/h2-4,6,13,16H,5,7-11H2,1H3. The lowest BCUT2D eigenvalue weighted by atomic mass is 10.2. The van der Waals surface area contributed by atoms with Gasteiger partial charge in [-0.3, -0.25) is 9.78 Å². The van der Waals surface area contributed by atoms with E-state index >= 15 is 0 Å². The summed E-state index contributed by atoms with van der Waals surface area (Å²) in [6, 6.07) is 6.22. The maximum atomic E-state index is 12.1. The van der Waals surface area contributed by atoms with Crippen molar-refractivity contribution in [2.24, 2.45) is 0 Å². The van der Waals surface area contributed by atoms with E-state index in [9.17, 15) is 4.79 Å². The lowest BCUT2D eigenvalue weighted by Crippen LogP contribution is -2.42. The fourth-order valence-corrected chi connectivity index (χ4v) is 3.02. The third-order valence-electron chi connectivity index (χ3n) is 3.27. The second-order valence-corrected chi connectivity index (χ2v) is 5.97. The van der Waals surface area contributed by atoms with Gasteiger partial charge in [-0.2, -0.15) is 11.8 Å². The van der Waals surface area contributed by atoms with Crippen LogP contribution < -0.4 is 5.32 Å². The molecule has 1 saturated heterocycles. The van der Waals surface area contributed by atoms with Crippen molar-refractivity contribution < 1.29 is 4.79 Å². The molecule has 0 aromatic carbocycles. The third kappa shape index (κ3) is 4.84. The van der Waals surface area contributed by atoms with Crippen LogP contribution in [0.2, 0.25) is 0 Å². The molecule has 2 rings (SSSR count). The van der Waals surface area contributed by atoms with Crippen LogP contribution in [0.15, 0.2) is 24.4 Å². The summed E-state index contributed by atoms with van der Waals surface area (Å²) in [5, 5.41) is 3.40. The molecule has 2 heterocycles. The van der Waals surface area contributed by atoms with Crippen molar-refractivity contribution >= 4 is 17.7 Å². The van der Waals surface area contributed by atoms with Gasteiger partial charge in [-0.1, -0.05) is 6.07 Å². The number of nitrogens with one attached hydrogen (secondary N) is 1. The number of nitrogens with zero attached hydrogens (tertiary/aromatic N) is 2. The van der Waals surface area contributed by atoms with Gasteiger partial charge in [0, 0.05) is 62.4 Å². The second kappa shape index (κ2) is 7.50. The van der Waals surface area contributed by atoms with Gasteiger partial charge in [0.25, 0.3) is 0 Å². The highest BCUT2D eigenvalue weighted by molar-refractivity contribution is 7.99. The average molecular weight is 279 g/mol. The van der Waals surface area contributed by atoms with Crippen LogP contribution in [0.5, 0.6) is 0 Å². The summed E-state index contributed by atoms with van der Waals surface area (Å²) in [5.74, 6) is 2.41. The van der Waals surface area contributed by atoms with Gasteiger partial charge in [-0.05, 0) is 12.1 Å². The number of rotatable bonds is 5. The smallest absolute Gasteiger partial charge is 0.223 e. The van der Waals surface area contributed by atoms with Crippen LogP contribution in [0.4, 0.5) is 0 Å². The van der Waals surface area contributed by atoms with Crippen LogP contribution >= 0.6 is 11.8 Å². The first-order valence-corrected chi connectivity index (χ1v) is 7.86. The molecule has 0 aliphatic carbocycles. The highest BCUT2D eigenvalue weighted by Crippen LogP contribution is 2.11. The first-order valence-electron chi connectivity index (χ1n) is 6.70. The zero-order valence-corrected chi connectivity index (χ0v) is 12.2. The van der Waals surface area contributed by atoms with Gasteiger partial charge in [-0.25, -0.2) is 0 Å². The van der Waals surface area contributed by atoms with Gasteiger partial charge in [0.2, 0.25) is 5.91 Å². The van der Waals surface area contributed by atoms with E-state index in [0.29, 0.717) is 12.5 Å². The second-order valence-electron chi connectivity index (χ2n) is 4.82. The Balaban J connectivity index is 1.72. The average Bonchev–Trinajstić information content (AvgIpc) is 2.47. The molecule has 1 amide bonds. The predicted molar refractivity (Wildman–Crippen MR) is 79.3 cm³/mol. The molecule has 4 nitrogen and oxygen atoms in total. The number of likely N-dealkylation sites (N-methyl/N-ethyl adjacent to an activating group) is 1. The van der Waals surface area contributed by atoms with Crippen molar-refractivity contribution in [3.05, 3.63) is 30.1 Å². The molecule has 0 bridgehead atoms. The molecule has 19 heavy (non-hydrogen) atoms. The van der Waals surface area contributed by atoms with E-state index in [2.05, 4.69) is 10.3 Å². The molecule has 1 atom stereocenters. The minimum absolute atomic E-state index is 0.218. The van der Waals surface area contributed by atoms with E-state index in [0.717, 1.165) is 36.7 Å². The Labute approximate surface area is 119 Å². The minimum Gasteiger partial charge on any atom is -0.345 e. The van der Waals surface area contributed by atoms with Crippen LogP contribution in [0.1, 0.15) is 12.1 Å². The zero-order valence-electron chi connectivity index (χ0n) is 11.3. The SMILES string of the molecule is CN(CCc1ccccn1)C(=O)CC1CSCCN1. The number of aromatic nitrogens is 1. The molecule has 1 unspecified atom stereocenters. The summed E-state index contributed by atoms with van der Waals surface area (Å²) >= 11 is 1.92. The van der Waals surface area contributed by atoms with Gasteiger partial charge in [0.15, 0.2) is 0 Å². The number of pyridine rings is 1. The number of hydrogen-bond donors (Lipinski definition) is 1.